The van der Waals surface area contributed by atoms with Crippen molar-refractivity contribution in [2.45, 2.75) is 6.54 Å². The Morgan fingerprint density at radius 3 is 2.85 bits per heavy atom. The zero-order chi connectivity index (χ0) is 17.9. The van der Waals surface area contributed by atoms with E-state index in [1.54, 1.807) is 18.4 Å². The fraction of sp³-hybridized carbons (Fsp3) is 0.0952. The summed E-state index contributed by atoms with van der Waals surface area (Å²) in [6, 6.07) is 17.8. The molecule has 2 aromatic heterocycles. The van der Waals surface area contributed by atoms with E-state index in [9.17, 15) is 4.79 Å². The number of anilines is 1. The van der Waals surface area contributed by atoms with E-state index in [-0.39, 0.29) is 12.5 Å². The molecule has 0 spiro atoms. The SMILES string of the molecule is COc1ccc2c(ccn2CC(=O)Nc2cccc(-c3ccsc3)c2)c1. The van der Waals surface area contributed by atoms with Gasteiger partial charge in [-0.15, -0.1) is 0 Å². The summed E-state index contributed by atoms with van der Waals surface area (Å²) in [7, 11) is 1.65. The van der Waals surface area contributed by atoms with Crippen LogP contribution in [0.2, 0.25) is 0 Å². The molecule has 26 heavy (non-hydrogen) atoms. The number of hydrogen-bond acceptors (Lipinski definition) is 3. The lowest BCUT2D eigenvalue weighted by Gasteiger charge is -2.09. The van der Waals surface area contributed by atoms with Gasteiger partial charge < -0.3 is 14.6 Å². The lowest BCUT2D eigenvalue weighted by molar-refractivity contribution is -0.116. The van der Waals surface area contributed by atoms with Gasteiger partial charge in [-0.2, -0.15) is 11.3 Å². The van der Waals surface area contributed by atoms with Crippen LogP contribution in [-0.4, -0.2) is 17.6 Å². The molecule has 0 bridgehead atoms. The van der Waals surface area contributed by atoms with Crippen LogP contribution in [0.5, 0.6) is 5.75 Å². The molecule has 5 heteroatoms. The van der Waals surface area contributed by atoms with Gasteiger partial charge in [-0.05, 0) is 64.4 Å². The van der Waals surface area contributed by atoms with Crippen molar-refractivity contribution in [3.63, 3.8) is 0 Å². The second kappa shape index (κ2) is 7.06. The van der Waals surface area contributed by atoms with Crippen molar-refractivity contribution in [1.82, 2.24) is 4.57 Å². The predicted molar refractivity (Wildman–Crippen MR) is 107 cm³/mol. The van der Waals surface area contributed by atoms with Gasteiger partial charge in [-0.1, -0.05) is 12.1 Å². The number of methoxy groups -OCH3 is 1. The second-order valence-corrected chi connectivity index (χ2v) is 6.79. The summed E-state index contributed by atoms with van der Waals surface area (Å²) in [6.07, 6.45) is 1.92. The maximum absolute atomic E-state index is 12.5. The number of carbonyl (C=O) groups is 1. The number of nitrogens with zero attached hydrogens (tertiary/aromatic N) is 1. The molecule has 1 N–H and O–H groups in total. The highest BCUT2D eigenvalue weighted by Crippen LogP contribution is 2.25. The summed E-state index contributed by atoms with van der Waals surface area (Å²) in [5.74, 6) is 0.755. The Bertz CT molecular complexity index is 1050. The van der Waals surface area contributed by atoms with Crippen molar-refractivity contribution < 1.29 is 9.53 Å². The summed E-state index contributed by atoms with van der Waals surface area (Å²) < 4.78 is 7.18. The topological polar surface area (TPSA) is 43.3 Å². The second-order valence-electron chi connectivity index (χ2n) is 6.01. The lowest BCUT2D eigenvalue weighted by Crippen LogP contribution is -2.18. The third-order valence-electron chi connectivity index (χ3n) is 4.29. The van der Waals surface area contributed by atoms with Crippen LogP contribution in [0, 0.1) is 0 Å². The van der Waals surface area contributed by atoms with Gasteiger partial charge in [0.25, 0.3) is 0 Å². The number of nitrogens with one attached hydrogen (secondary N) is 1. The molecule has 0 aliphatic carbocycles. The smallest absolute Gasteiger partial charge is 0.244 e. The first kappa shape index (κ1) is 16.4. The summed E-state index contributed by atoms with van der Waals surface area (Å²) in [5.41, 5.74) is 4.07. The number of fused-ring (bicyclic) bond motifs is 1. The van der Waals surface area contributed by atoms with Crippen LogP contribution in [0.4, 0.5) is 5.69 Å². The average Bonchev–Trinajstić information content (AvgIpc) is 3.32. The van der Waals surface area contributed by atoms with E-state index in [4.69, 9.17) is 4.74 Å². The van der Waals surface area contributed by atoms with E-state index in [0.717, 1.165) is 33.5 Å². The fourth-order valence-electron chi connectivity index (χ4n) is 3.00. The molecule has 0 saturated carbocycles. The van der Waals surface area contributed by atoms with Crippen LogP contribution in [0.25, 0.3) is 22.0 Å². The van der Waals surface area contributed by atoms with Gasteiger partial charge in [0, 0.05) is 22.8 Å². The number of rotatable bonds is 5. The molecule has 0 radical (unpaired) electrons. The van der Waals surface area contributed by atoms with Crippen LogP contribution in [-0.2, 0) is 11.3 Å². The highest BCUT2D eigenvalue weighted by molar-refractivity contribution is 7.08. The van der Waals surface area contributed by atoms with E-state index in [0.29, 0.717) is 0 Å². The van der Waals surface area contributed by atoms with Crippen molar-refractivity contribution in [3.05, 3.63) is 71.6 Å². The third kappa shape index (κ3) is 3.34. The number of thiophene rings is 1. The maximum atomic E-state index is 12.5. The van der Waals surface area contributed by atoms with Crippen LogP contribution in [0.3, 0.4) is 0 Å². The summed E-state index contributed by atoms with van der Waals surface area (Å²) in [6.45, 7) is 0.262. The molecular formula is C21H18N2O2S. The van der Waals surface area contributed by atoms with Gasteiger partial charge in [0.15, 0.2) is 0 Å². The molecule has 0 fully saturated rings. The molecule has 0 aliphatic heterocycles. The Kier molecular flexibility index (Phi) is 4.46. The predicted octanol–water partition coefficient (Wildman–Crippen LogP) is 5.02. The Morgan fingerprint density at radius 2 is 2.04 bits per heavy atom. The Hall–Kier alpha value is -3.05. The minimum Gasteiger partial charge on any atom is -0.497 e. The van der Waals surface area contributed by atoms with Gasteiger partial charge in [0.1, 0.15) is 12.3 Å². The Balaban J connectivity index is 1.50. The Labute approximate surface area is 155 Å². The molecule has 4 aromatic rings. The standard InChI is InChI=1S/C21H18N2O2S/c1-25-19-5-6-20-16(12-19)7-9-23(20)13-21(24)22-18-4-2-3-15(11-18)17-8-10-26-14-17/h2-12,14H,13H2,1H3,(H,22,24). The first-order valence-corrected chi connectivity index (χ1v) is 9.22. The minimum atomic E-state index is -0.0548. The minimum absolute atomic E-state index is 0.0548. The number of benzene rings is 2. The maximum Gasteiger partial charge on any atom is 0.244 e. The molecule has 4 nitrogen and oxygen atoms in total. The molecule has 0 aliphatic rings. The van der Waals surface area contributed by atoms with Gasteiger partial charge in [0.05, 0.1) is 7.11 Å². The van der Waals surface area contributed by atoms with Crippen molar-refractivity contribution in [1.29, 1.82) is 0 Å². The van der Waals surface area contributed by atoms with E-state index in [2.05, 4.69) is 16.8 Å². The zero-order valence-electron chi connectivity index (χ0n) is 14.3. The van der Waals surface area contributed by atoms with Crippen molar-refractivity contribution in [3.8, 4) is 16.9 Å². The van der Waals surface area contributed by atoms with Crippen LogP contribution >= 0.6 is 11.3 Å². The monoisotopic (exact) mass is 362 g/mol. The average molecular weight is 362 g/mol. The summed E-state index contributed by atoms with van der Waals surface area (Å²) in [5, 5.41) is 8.19. The van der Waals surface area contributed by atoms with E-state index >= 15 is 0 Å². The van der Waals surface area contributed by atoms with Gasteiger partial charge >= 0.3 is 0 Å². The van der Waals surface area contributed by atoms with Gasteiger partial charge in [-0.3, -0.25) is 4.79 Å². The molecular weight excluding hydrogens is 344 g/mol. The molecule has 2 aromatic carbocycles. The number of aromatic nitrogens is 1. The lowest BCUT2D eigenvalue weighted by atomic mass is 10.1. The molecule has 0 atom stereocenters. The quantitative estimate of drug-likeness (QED) is 0.542. The van der Waals surface area contributed by atoms with Gasteiger partial charge in [0.2, 0.25) is 5.91 Å². The van der Waals surface area contributed by atoms with Crippen LogP contribution in [0.15, 0.2) is 71.6 Å². The molecule has 130 valence electrons. The number of ether oxygens (including phenoxy) is 1. The molecule has 2 heterocycles. The van der Waals surface area contributed by atoms with Crippen molar-refractivity contribution in [2.75, 3.05) is 12.4 Å². The normalized spacial score (nSPS) is 10.8. The molecule has 0 unspecified atom stereocenters. The van der Waals surface area contributed by atoms with Crippen LogP contribution in [0.1, 0.15) is 0 Å². The zero-order valence-corrected chi connectivity index (χ0v) is 15.1. The molecule has 1 amide bonds. The Morgan fingerprint density at radius 1 is 1.12 bits per heavy atom. The molecule has 0 saturated heterocycles. The fourth-order valence-corrected chi connectivity index (χ4v) is 3.67. The first-order chi connectivity index (χ1) is 12.7. The van der Waals surface area contributed by atoms with Gasteiger partial charge in [-0.25, -0.2) is 0 Å². The van der Waals surface area contributed by atoms with Crippen molar-refractivity contribution >= 4 is 33.8 Å². The van der Waals surface area contributed by atoms with Crippen LogP contribution < -0.4 is 10.1 Å². The largest absolute Gasteiger partial charge is 0.497 e. The number of amides is 1. The number of hydrogen-bond donors (Lipinski definition) is 1. The van der Waals surface area contributed by atoms with E-state index < -0.39 is 0 Å². The summed E-state index contributed by atoms with van der Waals surface area (Å²) >= 11 is 1.66. The highest BCUT2D eigenvalue weighted by atomic mass is 32.1. The summed E-state index contributed by atoms with van der Waals surface area (Å²) in [4.78, 5) is 12.5. The van der Waals surface area contributed by atoms with E-state index in [1.165, 1.54) is 0 Å². The van der Waals surface area contributed by atoms with E-state index in [1.807, 2.05) is 64.7 Å². The molecule has 4 rings (SSSR count). The first-order valence-electron chi connectivity index (χ1n) is 8.28. The highest BCUT2D eigenvalue weighted by Gasteiger charge is 2.08. The third-order valence-corrected chi connectivity index (χ3v) is 4.98. The number of carbonyl (C=O) groups excluding carboxylic acids is 1. The van der Waals surface area contributed by atoms with Crippen molar-refractivity contribution in [2.24, 2.45) is 0 Å².